The summed E-state index contributed by atoms with van der Waals surface area (Å²) < 4.78 is 5.04. The van der Waals surface area contributed by atoms with E-state index in [-0.39, 0.29) is 11.8 Å². The molecule has 1 aliphatic rings. The van der Waals surface area contributed by atoms with Gasteiger partial charge in [0.05, 0.1) is 5.52 Å². The van der Waals surface area contributed by atoms with Gasteiger partial charge in [-0.05, 0) is 18.9 Å². The molecule has 0 radical (unpaired) electrons. The molecule has 0 saturated carbocycles. The lowest BCUT2D eigenvalue weighted by atomic mass is 9.96. The predicted octanol–water partition coefficient (Wildman–Crippen LogP) is 2.27. The topological polar surface area (TPSA) is 87.9 Å². The molecule has 0 bridgehead atoms. The lowest BCUT2D eigenvalue weighted by molar-refractivity contribution is 0.0706. The number of hydrogen-bond acceptors (Lipinski definition) is 5. The van der Waals surface area contributed by atoms with Gasteiger partial charge in [-0.15, -0.1) is 0 Å². The summed E-state index contributed by atoms with van der Waals surface area (Å²) in [4.78, 5) is 18.9. The number of hydrogen-bond donors (Lipinski definition) is 1. The molecule has 0 unspecified atom stereocenters. The molecule has 3 aromatic rings. The molecule has 0 atom stereocenters. The summed E-state index contributed by atoms with van der Waals surface area (Å²) in [7, 11) is 0. The molecule has 1 aliphatic heterocycles. The number of nitrogens with zero attached hydrogens (tertiary/aromatic N) is 4. The van der Waals surface area contributed by atoms with Crippen molar-refractivity contribution in [3.8, 4) is 0 Å². The van der Waals surface area contributed by atoms with E-state index in [4.69, 9.17) is 4.52 Å². The van der Waals surface area contributed by atoms with Crippen molar-refractivity contribution in [2.45, 2.75) is 25.7 Å². The quantitative estimate of drug-likeness (QED) is 0.784. The Morgan fingerprint density at radius 1 is 1.30 bits per heavy atom. The summed E-state index contributed by atoms with van der Waals surface area (Å²) in [6.45, 7) is 3.15. The molecule has 7 heteroatoms. The molecule has 2 aromatic heterocycles. The number of H-pyrrole nitrogens is 1. The van der Waals surface area contributed by atoms with Gasteiger partial charge in [-0.2, -0.15) is 10.1 Å². The van der Waals surface area contributed by atoms with E-state index in [0.29, 0.717) is 24.7 Å². The smallest absolute Gasteiger partial charge is 0.274 e. The highest BCUT2D eigenvalue weighted by Gasteiger charge is 2.28. The van der Waals surface area contributed by atoms with Gasteiger partial charge < -0.3 is 9.42 Å². The van der Waals surface area contributed by atoms with Crippen LogP contribution in [0.4, 0.5) is 0 Å². The minimum absolute atomic E-state index is 0.0230. The average Bonchev–Trinajstić information content (AvgIpc) is 3.21. The first-order valence-corrected chi connectivity index (χ1v) is 7.75. The SMILES string of the molecule is Cc1nc(C2CCN(C(=O)c3n[nH]c4ccccc34)CC2)no1. The number of aromatic nitrogens is 4. The molecule has 0 aliphatic carbocycles. The van der Waals surface area contributed by atoms with Gasteiger partial charge in [0.1, 0.15) is 0 Å². The summed E-state index contributed by atoms with van der Waals surface area (Å²) in [5.74, 6) is 1.57. The van der Waals surface area contributed by atoms with Gasteiger partial charge in [0.15, 0.2) is 11.5 Å². The van der Waals surface area contributed by atoms with Crippen molar-refractivity contribution >= 4 is 16.8 Å². The third-order valence-electron chi connectivity index (χ3n) is 4.36. The van der Waals surface area contributed by atoms with Gasteiger partial charge >= 0.3 is 0 Å². The van der Waals surface area contributed by atoms with E-state index in [9.17, 15) is 4.79 Å². The van der Waals surface area contributed by atoms with Crippen LogP contribution in [0, 0.1) is 6.92 Å². The summed E-state index contributed by atoms with van der Waals surface area (Å²) in [5.41, 5.74) is 1.38. The van der Waals surface area contributed by atoms with E-state index in [2.05, 4.69) is 20.3 Å². The van der Waals surface area contributed by atoms with E-state index in [1.807, 2.05) is 29.2 Å². The number of carbonyl (C=O) groups is 1. The van der Waals surface area contributed by atoms with Crippen molar-refractivity contribution in [3.05, 3.63) is 41.7 Å². The standard InChI is InChI=1S/C16H17N5O2/c1-10-17-15(20-23-10)11-6-8-21(9-7-11)16(22)14-12-4-2-3-5-13(12)18-19-14/h2-5,11H,6-9H2,1H3,(H,18,19). The first kappa shape index (κ1) is 13.9. The molecular weight excluding hydrogens is 294 g/mol. The Kier molecular flexibility index (Phi) is 3.33. The monoisotopic (exact) mass is 311 g/mol. The molecular formula is C16H17N5O2. The summed E-state index contributed by atoms with van der Waals surface area (Å²) in [5, 5.41) is 12.0. The number of carbonyl (C=O) groups excluding carboxylic acids is 1. The molecule has 1 N–H and O–H groups in total. The van der Waals surface area contributed by atoms with Crippen molar-refractivity contribution < 1.29 is 9.32 Å². The molecule has 3 heterocycles. The zero-order valence-corrected chi connectivity index (χ0v) is 12.8. The fourth-order valence-corrected chi connectivity index (χ4v) is 3.10. The van der Waals surface area contributed by atoms with E-state index in [1.165, 1.54) is 0 Å². The Bertz CT molecular complexity index is 845. The number of aromatic amines is 1. The molecule has 1 amide bonds. The predicted molar refractivity (Wildman–Crippen MR) is 83.0 cm³/mol. The maximum absolute atomic E-state index is 12.7. The van der Waals surface area contributed by atoms with Gasteiger partial charge in [0.2, 0.25) is 5.89 Å². The number of piperidine rings is 1. The first-order valence-electron chi connectivity index (χ1n) is 7.75. The maximum atomic E-state index is 12.7. The maximum Gasteiger partial charge on any atom is 0.274 e. The number of fused-ring (bicyclic) bond motifs is 1. The zero-order valence-electron chi connectivity index (χ0n) is 12.8. The Hall–Kier alpha value is -2.70. The lowest BCUT2D eigenvalue weighted by Crippen LogP contribution is -2.38. The molecule has 4 rings (SSSR count). The van der Waals surface area contributed by atoms with Crippen LogP contribution in [0.1, 0.15) is 41.0 Å². The van der Waals surface area contributed by atoms with Gasteiger partial charge in [0.25, 0.3) is 5.91 Å². The molecule has 118 valence electrons. The number of nitrogens with one attached hydrogen (secondary N) is 1. The normalized spacial score (nSPS) is 16.1. The van der Waals surface area contributed by atoms with Crippen LogP contribution in [-0.4, -0.2) is 44.2 Å². The van der Waals surface area contributed by atoms with Crippen molar-refractivity contribution in [3.63, 3.8) is 0 Å². The van der Waals surface area contributed by atoms with Crippen LogP contribution < -0.4 is 0 Å². The van der Waals surface area contributed by atoms with Crippen molar-refractivity contribution in [2.75, 3.05) is 13.1 Å². The van der Waals surface area contributed by atoms with E-state index < -0.39 is 0 Å². The highest BCUT2D eigenvalue weighted by atomic mass is 16.5. The fraction of sp³-hybridized carbons (Fsp3) is 0.375. The van der Waals surface area contributed by atoms with Gasteiger partial charge in [0, 0.05) is 31.3 Å². The van der Waals surface area contributed by atoms with Crippen LogP contribution in [0.25, 0.3) is 10.9 Å². The summed E-state index contributed by atoms with van der Waals surface area (Å²) in [6.07, 6.45) is 1.68. The van der Waals surface area contributed by atoms with E-state index in [1.54, 1.807) is 6.92 Å². The lowest BCUT2D eigenvalue weighted by Gasteiger charge is -2.30. The number of amides is 1. The Balaban J connectivity index is 1.49. The average molecular weight is 311 g/mol. The third-order valence-corrected chi connectivity index (χ3v) is 4.36. The Labute approximate surface area is 132 Å². The fourth-order valence-electron chi connectivity index (χ4n) is 3.10. The van der Waals surface area contributed by atoms with Crippen molar-refractivity contribution in [1.82, 2.24) is 25.2 Å². The Morgan fingerprint density at radius 3 is 2.83 bits per heavy atom. The number of rotatable bonds is 2. The van der Waals surface area contributed by atoms with Crippen LogP contribution >= 0.6 is 0 Å². The third kappa shape index (κ3) is 2.48. The van der Waals surface area contributed by atoms with Gasteiger partial charge in [-0.3, -0.25) is 9.89 Å². The minimum Gasteiger partial charge on any atom is -0.340 e. The van der Waals surface area contributed by atoms with Crippen molar-refractivity contribution in [2.24, 2.45) is 0 Å². The zero-order chi connectivity index (χ0) is 15.8. The largest absolute Gasteiger partial charge is 0.340 e. The highest BCUT2D eigenvalue weighted by Crippen LogP contribution is 2.27. The van der Waals surface area contributed by atoms with Crippen LogP contribution in [0.15, 0.2) is 28.8 Å². The van der Waals surface area contributed by atoms with Crippen LogP contribution in [0.5, 0.6) is 0 Å². The number of para-hydroxylation sites is 1. The second-order valence-electron chi connectivity index (χ2n) is 5.86. The second-order valence-corrected chi connectivity index (χ2v) is 5.86. The molecule has 1 saturated heterocycles. The summed E-state index contributed by atoms with van der Waals surface area (Å²) >= 11 is 0. The number of benzene rings is 1. The molecule has 7 nitrogen and oxygen atoms in total. The van der Waals surface area contributed by atoms with Crippen molar-refractivity contribution in [1.29, 1.82) is 0 Å². The molecule has 0 spiro atoms. The number of aryl methyl sites for hydroxylation is 1. The van der Waals surface area contributed by atoms with Gasteiger partial charge in [-0.1, -0.05) is 23.4 Å². The number of likely N-dealkylation sites (tertiary alicyclic amines) is 1. The Morgan fingerprint density at radius 2 is 2.09 bits per heavy atom. The minimum atomic E-state index is -0.0230. The molecule has 1 aromatic carbocycles. The molecule has 1 fully saturated rings. The molecule has 23 heavy (non-hydrogen) atoms. The van der Waals surface area contributed by atoms with Crippen LogP contribution in [-0.2, 0) is 0 Å². The van der Waals surface area contributed by atoms with Gasteiger partial charge in [-0.25, -0.2) is 0 Å². The second kappa shape index (κ2) is 5.49. The van der Waals surface area contributed by atoms with E-state index in [0.717, 1.165) is 29.6 Å². The van der Waals surface area contributed by atoms with Crippen LogP contribution in [0.3, 0.4) is 0 Å². The summed E-state index contributed by atoms with van der Waals surface area (Å²) in [6, 6.07) is 7.68. The van der Waals surface area contributed by atoms with E-state index >= 15 is 0 Å². The first-order chi connectivity index (χ1) is 11.2. The van der Waals surface area contributed by atoms with Crippen LogP contribution in [0.2, 0.25) is 0 Å². The highest BCUT2D eigenvalue weighted by molar-refractivity contribution is 6.04.